The highest BCUT2D eigenvalue weighted by atomic mass is 19.4. The second-order valence-electron chi connectivity index (χ2n) is 3.30. The molecule has 0 spiro atoms. The molecule has 82 valence electrons. The Kier molecular flexibility index (Phi) is 5.58. The summed E-state index contributed by atoms with van der Waals surface area (Å²) in [6, 6.07) is 0. The minimum atomic E-state index is -4.12. The number of rotatable bonds is 4. The Balaban J connectivity index is 4.28. The molecule has 0 aliphatic heterocycles. The molecular weight excluding hydrogens is 189 g/mol. The zero-order valence-electron chi connectivity index (χ0n) is 8.86. The van der Waals surface area contributed by atoms with Crippen molar-refractivity contribution in [2.75, 3.05) is 0 Å². The van der Waals surface area contributed by atoms with Crippen LogP contribution in [0.1, 0.15) is 33.6 Å². The average Bonchev–Trinajstić information content (AvgIpc) is 2.10. The molecule has 1 unspecified atom stereocenters. The smallest absolute Gasteiger partial charge is 0.170 e. The first-order valence-electron chi connectivity index (χ1n) is 4.81. The summed E-state index contributed by atoms with van der Waals surface area (Å²) in [6.45, 7) is 5.01. The van der Waals surface area contributed by atoms with Crippen LogP contribution in [-0.4, -0.2) is 6.18 Å². The lowest BCUT2D eigenvalue weighted by Gasteiger charge is -2.10. The molecular formula is C11H17F3. The van der Waals surface area contributed by atoms with Gasteiger partial charge in [-0.1, -0.05) is 44.1 Å². The van der Waals surface area contributed by atoms with Gasteiger partial charge in [0.15, 0.2) is 0 Å². The number of hydrogen-bond donors (Lipinski definition) is 0. The van der Waals surface area contributed by atoms with Gasteiger partial charge >= 0.3 is 6.18 Å². The zero-order valence-corrected chi connectivity index (χ0v) is 8.86. The van der Waals surface area contributed by atoms with Crippen molar-refractivity contribution in [2.24, 2.45) is 5.92 Å². The van der Waals surface area contributed by atoms with Gasteiger partial charge in [0.1, 0.15) is 0 Å². The van der Waals surface area contributed by atoms with E-state index >= 15 is 0 Å². The van der Waals surface area contributed by atoms with E-state index in [2.05, 4.69) is 0 Å². The molecule has 0 bridgehead atoms. The quantitative estimate of drug-likeness (QED) is 0.594. The van der Waals surface area contributed by atoms with E-state index in [1.165, 1.54) is 6.08 Å². The van der Waals surface area contributed by atoms with Gasteiger partial charge in [0.2, 0.25) is 0 Å². The van der Waals surface area contributed by atoms with E-state index in [0.29, 0.717) is 0 Å². The minimum absolute atomic E-state index is 0.831. The highest BCUT2D eigenvalue weighted by molar-refractivity contribution is 5.18. The first-order valence-corrected chi connectivity index (χ1v) is 4.81. The summed E-state index contributed by atoms with van der Waals surface area (Å²) in [5.41, 5.74) is 0.962. The van der Waals surface area contributed by atoms with Crippen LogP contribution in [0.3, 0.4) is 0 Å². The highest BCUT2D eigenvalue weighted by Crippen LogP contribution is 2.27. The van der Waals surface area contributed by atoms with Crippen molar-refractivity contribution in [1.29, 1.82) is 0 Å². The molecule has 0 aliphatic carbocycles. The number of hydrogen-bond acceptors (Lipinski definition) is 0. The second-order valence-corrected chi connectivity index (χ2v) is 3.30. The normalized spacial score (nSPS) is 16.3. The molecule has 0 aromatic rings. The highest BCUT2D eigenvalue weighted by Gasteiger charge is 2.33. The summed E-state index contributed by atoms with van der Waals surface area (Å²) in [5, 5.41) is 0. The average molecular weight is 206 g/mol. The predicted octanol–water partition coefficient (Wildman–Crippen LogP) is 4.49. The summed E-state index contributed by atoms with van der Waals surface area (Å²) in [7, 11) is 0. The Bertz CT molecular complexity index is 211. The van der Waals surface area contributed by atoms with Gasteiger partial charge in [-0.2, -0.15) is 13.2 Å². The topological polar surface area (TPSA) is 0 Å². The largest absolute Gasteiger partial charge is 0.394 e. The molecule has 0 radical (unpaired) electrons. The molecule has 0 aromatic heterocycles. The van der Waals surface area contributed by atoms with Gasteiger partial charge in [0.05, 0.1) is 5.92 Å². The minimum Gasteiger partial charge on any atom is -0.170 e. The molecule has 3 heteroatoms. The predicted molar refractivity (Wildman–Crippen MR) is 53.0 cm³/mol. The lowest BCUT2D eigenvalue weighted by atomic mass is 10.1. The van der Waals surface area contributed by atoms with Gasteiger partial charge in [-0.15, -0.1) is 0 Å². The number of alkyl halides is 3. The van der Waals surface area contributed by atoms with Crippen LogP contribution in [-0.2, 0) is 0 Å². The maximum Gasteiger partial charge on any atom is 0.394 e. The van der Waals surface area contributed by atoms with E-state index in [0.717, 1.165) is 25.3 Å². The fraction of sp³-hybridized carbons (Fsp3) is 0.636. The lowest BCUT2D eigenvalue weighted by Crippen LogP contribution is -2.17. The van der Waals surface area contributed by atoms with Crippen molar-refractivity contribution >= 4 is 0 Å². The van der Waals surface area contributed by atoms with Gasteiger partial charge in [-0.3, -0.25) is 0 Å². The van der Waals surface area contributed by atoms with Gasteiger partial charge < -0.3 is 0 Å². The van der Waals surface area contributed by atoms with Crippen LogP contribution < -0.4 is 0 Å². The van der Waals surface area contributed by atoms with Crippen molar-refractivity contribution in [3.05, 3.63) is 23.8 Å². The monoisotopic (exact) mass is 206 g/mol. The Morgan fingerprint density at radius 2 is 1.93 bits per heavy atom. The van der Waals surface area contributed by atoms with Crippen LogP contribution in [0.15, 0.2) is 23.8 Å². The molecule has 0 aromatic carbocycles. The third-order valence-corrected chi connectivity index (χ3v) is 2.02. The van der Waals surface area contributed by atoms with Crippen LogP contribution in [0.4, 0.5) is 13.2 Å². The summed E-state index contributed by atoms with van der Waals surface area (Å²) >= 11 is 0. The summed E-state index contributed by atoms with van der Waals surface area (Å²) in [5.74, 6) is -1.37. The second kappa shape index (κ2) is 5.89. The van der Waals surface area contributed by atoms with Gasteiger partial charge in [0.25, 0.3) is 0 Å². The fourth-order valence-corrected chi connectivity index (χ4v) is 0.990. The van der Waals surface area contributed by atoms with Crippen molar-refractivity contribution in [3.63, 3.8) is 0 Å². The molecule has 0 N–H and O–H groups in total. The Morgan fingerprint density at radius 3 is 2.29 bits per heavy atom. The third-order valence-electron chi connectivity index (χ3n) is 2.02. The summed E-state index contributed by atoms with van der Waals surface area (Å²) < 4.78 is 36.4. The van der Waals surface area contributed by atoms with E-state index in [9.17, 15) is 13.2 Å². The Labute approximate surface area is 83.5 Å². The molecule has 0 saturated carbocycles. The van der Waals surface area contributed by atoms with Crippen molar-refractivity contribution in [2.45, 2.75) is 39.8 Å². The lowest BCUT2D eigenvalue weighted by molar-refractivity contribution is -0.156. The number of halogens is 3. The summed E-state index contributed by atoms with van der Waals surface area (Å²) in [6.07, 6.45) is 2.29. The van der Waals surface area contributed by atoms with Crippen molar-refractivity contribution in [3.8, 4) is 0 Å². The van der Waals surface area contributed by atoms with Crippen LogP contribution >= 0.6 is 0 Å². The maximum atomic E-state index is 12.1. The molecule has 0 saturated heterocycles. The van der Waals surface area contributed by atoms with E-state index in [4.69, 9.17) is 0 Å². The third kappa shape index (κ3) is 5.10. The van der Waals surface area contributed by atoms with E-state index < -0.39 is 12.1 Å². The van der Waals surface area contributed by atoms with E-state index in [1.54, 1.807) is 6.08 Å². The zero-order chi connectivity index (χ0) is 11.2. The maximum absolute atomic E-state index is 12.1. The first kappa shape index (κ1) is 13.3. The Morgan fingerprint density at radius 1 is 1.36 bits per heavy atom. The molecule has 0 fully saturated rings. The van der Waals surface area contributed by atoms with Crippen LogP contribution in [0.2, 0.25) is 0 Å². The first-order chi connectivity index (χ1) is 6.41. The van der Waals surface area contributed by atoms with Gasteiger partial charge in [-0.25, -0.2) is 0 Å². The Hall–Kier alpha value is -0.730. The van der Waals surface area contributed by atoms with Gasteiger partial charge in [0, 0.05) is 0 Å². The fourth-order valence-electron chi connectivity index (χ4n) is 0.990. The molecule has 0 amide bonds. The standard InChI is InChI=1S/C11H17F3/c1-4-6-10(5-2)8-7-9(3)11(12,13)14/h5,7-9H,4,6H2,1-3H3/b8-7-,10-5-. The van der Waals surface area contributed by atoms with Crippen molar-refractivity contribution < 1.29 is 13.2 Å². The molecule has 0 nitrogen and oxygen atoms in total. The molecule has 1 atom stereocenters. The summed E-state index contributed by atoms with van der Waals surface area (Å²) in [4.78, 5) is 0. The molecule has 0 aliphatic rings. The van der Waals surface area contributed by atoms with Crippen LogP contribution in [0.5, 0.6) is 0 Å². The van der Waals surface area contributed by atoms with Crippen LogP contribution in [0, 0.1) is 5.92 Å². The van der Waals surface area contributed by atoms with Gasteiger partial charge in [-0.05, 0) is 13.3 Å². The molecule has 0 heterocycles. The van der Waals surface area contributed by atoms with E-state index in [-0.39, 0.29) is 0 Å². The van der Waals surface area contributed by atoms with Crippen LogP contribution in [0.25, 0.3) is 0 Å². The van der Waals surface area contributed by atoms with Crippen molar-refractivity contribution in [1.82, 2.24) is 0 Å². The molecule has 14 heavy (non-hydrogen) atoms. The molecule has 0 rings (SSSR count). The van der Waals surface area contributed by atoms with E-state index in [1.807, 2.05) is 19.9 Å². The SMILES string of the molecule is C/C=C(\C=C/C(C)C(F)(F)F)CCC. The number of allylic oxidation sites excluding steroid dienone is 4.